The quantitative estimate of drug-likeness (QED) is 0.655. The SMILES string of the molecule is COCCn1c(CC2CCN(C(=O)c3ccc(C)s3)C2)nc2cccnc21. The van der Waals surface area contributed by atoms with Crippen LogP contribution < -0.4 is 0 Å². The van der Waals surface area contributed by atoms with Gasteiger partial charge in [0.05, 0.1) is 11.5 Å². The molecule has 0 bridgehead atoms. The highest BCUT2D eigenvalue weighted by Crippen LogP contribution is 2.26. The lowest BCUT2D eigenvalue weighted by Crippen LogP contribution is -2.28. The summed E-state index contributed by atoms with van der Waals surface area (Å²) < 4.78 is 7.42. The van der Waals surface area contributed by atoms with Crippen LogP contribution in [0.5, 0.6) is 0 Å². The second-order valence-corrected chi connectivity index (χ2v) is 8.33. The maximum absolute atomic E-state index is 12.7. The van der Waals surface area contributed by atoms with Gasteiger partial charge in [-0.15, -0.1) is 11.3 Å². The second kappa shape index (κ2) is 7.78. The van der Waals surface area contributed by atoms with Crippen molar-refractivity contribution in [2.45, 2.75) is 26.3 Å². The molecule has 0 aliphatic carbocycles. The molecule has 1 amide bonds. The molecule has 142 valence electrons. The molecule has 3 aromatic heterocycles. The molecule has 1 atom stereocenters. The molecule has 0 radical (unpaired) electrons. The first kappa shape index (κ1) is 18.1. The van der Waals surface area contributed by atoms with E-state index in [4.69, 9.17) is 9.72 Å². The number of amides is 1. The molecule has 4 heterocycles. The first-order chi connectivity index (χ1) is 13.2. The fourth-order valence-electron chi connectivity index (χ4n) is 3.73. The number of rotatable bonds is 6. The van der Waals surface area contributed by atoms with E-state index in [-0.39, 0.29) is 5.91 Å². The highest BCUT2D eigenvalue weighted by molar-refractivity contribution is 7.13. The van der Waals surface area contributed by atoms with Gasteiger partial charge in [-0.25, -0.2) is 9.97 Å². The molecule has 0 spiro atoms. The van der Waals surface area contributed by atoms with Crippen LogP contribution in [0.2, 0.25) is 0 Å². The minimum Gasteiger partial charge on any atom is -0.383 e. The van der Waals surface area contributed by atoms with E-state index in [1.54, 1.807) is 24.6 Å². The number of carbonyl (C=O) groups excluding carboxylic acids is 1. The van der Waals surface area contributed by atoms with Crippen molar-refractivity contribution in [3.05, 3.63) is 46.0 Å². The Hall–Kier alpha value is -2.25. The van der Waals surface area contributed by atoms with Crippen molar-refractivity contribution in [2.75, 3.05) is 26.8 Å². The Kier molecular flexibility index (Phi) is 5.22. The third-order valence-corrected chi connectivity index (χ3v) is 6.09. The second-order valence-electron chi connectivity index (χ2n) is 7.04. The van der Waals surface area contributed by atoms with Crippen LogP contribution in [-0.2, 0) is 17.7 Å². The van der Waals surface area contributed by atoms with Crippen LogP contribution in [0, 0.1) is 12.8 Å². The molecule has 0 saturated carbocycles. The number of nitrogens with zero attached hydrogens (tertiary/aromatic N) is 4. The number of hydrogen-bond donors (Lipinski definition) is 0. The number of pyridine rings is 1. The van der Waals surface area contributed by atoms with E-state index in [1.807, 2.05) is 36.1 Å². The lowest BCUT2D eigenvalue weighted by atomic mass is 10.0. The number of carbonyl (C=O) groups is 1. The average molecular weight is 385 g/mol. The number of fused-ring (bicyclic) bond motifs is 1. The summed E-state index contributed by atoms with van der Waals surface area (Å²) in [7, 11) is 1.71. The third kappa shape index (κ3) is 3.75. The number of methoxy groups -OCH3 is 1. The van der Waals surface area contributed by atoms with Gasteiger partial charge in [0, 0.05) is 44.2 Å². The molecule has 3 aromatic rings. The zero-order valence-electron chi connectivity index (χ0n) is 15.7. The summed E-state index contributed by atoms with van der Waals surface area (Å²) in [5, 5.41) is 0. The van der Waals surface area contributed by atoms with Gasteiger partial charge in [-0.05, 0) is 43.5 Å². The normalized spacial score (nSPS) is 17.1. The first-order valence-electron chi connectivity index (χ1n) is 9.30. The topological polar surface area (TPSA) is 60.2 Å². The Labute approximate surface area is 162 Å². The highest BCUT2D eigenvalue weighted by atomic mass is 32.1. The van der Waals surface area contributed by atoms with Crippen LogP contribution in [0.1, 0.15) is 26.8 Å². The maximum atomic E-state index is 12.7. The highest BCUT2D eigenvalue weighted by Gasteiger charge is 2.29. The number of aromatic nitrogens is 3. The van der Waals surface area contributed by atoms with Gasteiger partial charge in [0.25, 0.3) is 5.91 Å². The van der Waals surface area contributed by atoms with Crippen molar-refractivity contribution in [2.24, 2.45) is 5.92 Å². The van der Waals surface area contributed by atoms with Crippen LogP contribution >= 0.6 is 11.3 Å². The molecule has 27 heavy (non-hydrogen) atoms. The smallest absolute Gasteiger partial charge is 0.263 e. The standard InChI is InChI=1S/C20H24N4O2S/c1-14-5-6-17(27-14)20(25)23-9-7-15(13-23)12-18-22-16-4-3-8-21-19(16)24(18)10-11-26-2/h3-6,8,15H,7,9-13H2,1-2H3. The molecule has 1 fully saturated rings. The largest absolute Gasteiger partial charge is 0.383 e. The van der Waals surface area contributed by atoms with E-state index < -0.39 is 0 Å². The Balaban J connectivity index is 1.49. The van der Waals surface area contributed by atoms with Crippen LogP contribution in [0.15, 0.2) is 30.5 Å². The Morgan fingerprint density at radius 3 is 3.04 bits per heavy atom. The summed E-state index contributed by atoms with van der Waals surface area (Å²) in [6, 6.07) is 7.86. The molecule has 1 unspecified atom stereocenters. The van der Waals surface area contributed by atoms with Gasteiger partial charge in [0.1, 0.15) is 11.3 Å². The van der Waals surface area contributed by atoms with Crippen LogP contribution in [-0.4, -0.2) is 52.1 Å². The Morgan fingerprint density at radius 2 is 2.26 bits per heavy atom. The number of thiophene rings is 1. The summed E-state index contributed by atoms with van der Waals surface area (Å²) in [6.45, 7) is 5.01. The maximum Gasteiger partial charge on any atom is 0.263 e. The Bertz CT molecular complexity index is 949. The van der Waals surface area contributed by atoms with Gasteiger partial charge >= 0.3 is 0 Å². The van der Waals surface area contributed by atoms with E-state index in [9.17, 15) is 4.79 Å². The summed E-state index contributed by atoms with van der Waals surface area (Å²) >= 11 is 1.57. The molecule has 1 aliphatic rings. The van der Waals surface area contributed by atoms with Crippen molar-refractivity contribution < 1.29 is 9.53 Å². The monoisotopic (exact) mass is 384 g/mol. The molecular weight excluding hydrogens is 360 g/mol. The molecule has 7 heteroatoms. The van der Waals surface area contributed by atoms with E-state index >= 15 is 0 Å². The summed E-state index contributed by atoms with van der Waals surface area (Å²) in [4.78, 5) is 26.0. The van der Waals surface area contributed by atoms with Gasteiger partial charge in [-0.3, -0.25) is 4.79 Å². The van der Waals surface area contributed by atoms with E-state index in [0.29, 0.717) is 12.5 Å². The van der Waals surface area contributed by atoms with Crippen molar-refractivity contribution >= 4 is 28.4 Å². The van der Waals surface area contributed by atoms with E-state index in [1.165, 1.54) is 4.88 Å². The molecular formula is C20H24N4O2S. The van der Waals surface area contributed by atoms with Gasteiger partial charge < -0.3 is 14.2 Å². The number of ether oxygens (including phenoxy) is 1. The van der Waals surface area contributed by atoms with Crippen LogP contribution in [0.3, 0.4) is 0 Å². The van der Waals surface area contributed by atoms with Gasteiger partial charge in [0.15, 0.2) is 5.65 Å². The zero-order chi connectivity index (χ0) is 18.8. The lowest BCUT2D eigenvalue weighted by molar-refractivity contribution is 0.0791. The molecule has 4 rings (SSSR count). The fraction of sp³-hybridized carbons (Fsp3) is 0.450. The van der Waals surface area contributed by atoms with Crippen LogP contribution in [0.25, 0.3) is 11.2 Å². The number of hydrogen-bond acceptors (Lipinski definition) is 5. The van der Waals surface area contributed by atoms with Crippen molar-refractivity contribution in [3.8, 4) is 0 Å². The summed E-state index contributed by atoms with van der Waals surface area (Å²) in [5.41, 5.74) is 1.83. The van der Waals surface area contributed by atoms with Crippen LogP contribution in [0.4, 0.5) is 0 Å². The van der Waals surface area contributed by atoms with E-state index in [2.05, 4.69) is 9.55 Å². The minimum atomic E-state index is 0.158. The molecule has 6 nitrogen and oxygen atoms in total. The number of likely N-dealkylation sites (tertiary alicyclic amines) is 1. The summed E-state index contributed by atoms with van der Waals surface area (Å²) in [6.07, 6.45) is 3.67. The molecule has 0 aromatic carbocycles. The first-order valence-corrected chi connectivity index (χ1v) is 10.1. The lowest BCUT2D eigenvalue weighted by Gasteiger charge is -2.16. The molecule has 1 aliphatic heterocycles. The van der Waals surface area contributed by atoms with Crippen molar-refractivity contribution in [3.63, 3.8) is 0 Å². The zero-order valence-corrected chi connectivity index (χ0v) is 16.5. The predicted octanol–water partition coefficient (Wildman–Crippen LogP) is 3.15. The molecule has 0 N–H and O–H groups in total. The van der Waals surface area contributed by atoms with Gasteiger partial charge in [0.2, 0.25) is 0 Å². The predicted molar refractivity (Wildman–Crippen MR) is 106 cm³/mol. The Morgan fingerprint density at radius 1 is 1.37 bits per heavy atom. The third-order valence-electron chi connectivity index (χ3n) is 5.10. The van der Waals surface area contributed by atoms with Crippen molar-refractivity contribution in [1.82, 2.24) is 19.4 Å². The fourth-order valence-corrected chi connectivity index (χ4v) is 4.56. The number of aryl methyl sites for hydroxylation is 1. The van der Waals surface area contributed by atoms with Gasteiger partial charge in [-0.1, -0.05) is 0 Å². The average Bonchev–Trinajstić information content (AvgIpc) is 3.38. The van der Waals surface area contributed by atoms with Gasteiger partial charge in [-0.2, -0.15) is 0 Å². The van der Waals surface area contributed by atoms with E-state index in [0.717, 1.165) is 54.3 Å². The summed E-state index contributed by atoms with van der Waals surface area (Å²) in [5.74, 6) is 1.62. The minimum absolute atomic E-state index is 0.158. The van der Waals surface area contributed by atoms with Crippen molar-refractivity contribution in [1.29, 1.82) is 0 Å². The number of imidazole rings is 1. The molecule has 1 saturated heterocycles.